The number of thiazole rings is 1. The van der Waals surface area contributed by atoms with Gasteiger partial charge in [0.15, 0.2) is 9.34 Å². The highest BCUT2D eigenvalue weighted by Gasteiger charge is 2.15. The third-order valence-corrected chi connectivity index (χ3v) is 5.43. The first-order valence-corrected chi connectivity index (χ1v) is 8.59. The van der Waals surface area contributed by atoms with Crippen LogP contribution in [0.5, 0.6) is 0 Å². The summed E-state index contributed by atoms with van der Waals surface area (Å²) < 4.78 is 22.4. The fourth-order valence-electron chi connectivity index (χ4n) is 1.57. The van der Waals surface area contributed by atoms with Crippen LogP contribution in [0.15, 0.2) is 28.6 Å². The molecular weight excluding hydrogens is 341 g/mol. The Balaban J connectivity index is 2.19. The third-order valence-electron chi connectivity index (χ3n) is 2.53. The monoisotopic (exact) mass is 351 g/mol. The Labute approximate surface area is 130 Å². The maximum absolute atomic E-state index is 11.2. The van der Waals surface area contributed by atoms with Crippen LogP contribution in [0.3, 0.4) is 0 Å². The number of nitrogens with zero attached hydrogens (tertiary/aromatic N) is 1. The molecule has 3 N–H and O–H groups in total. The summed E-state index contributed by atoms with van der Waals surface area (Å²) in [5, 5.41) is 9.64. The first-order valence-electron chi connectivity index (χ1n) is 5.47. The van der Waals surface area contributed by atoms with Crippen molar-refractivity contribution in [3.8, 4) is 0 Å². The van der Waals surface area contributed by atoms with Crippen molar-refractivity contribution in [3.05, 3.63) is 40.0 Å². The van der Waals surface area contributed by atoms with Crippen molar-refractivity contribution in [2.24, 2.45) is 5.14 Å². The zero-order valence-corrected chi connectivity index (χ0v) is 13.4. The Kier molecular flexibility index (Phi) is 4.55. The van der Waals surface area contributed by atoms with Gasteiger partial charge in [0.2, 0.25) is 10.0 Å². The van der Waals surface area contributed by atoms with E-state index in [4.69, 9.17) is 28.3 Å². The topological polar surface area (TPSA) is 85.1 Å². The summed E-state index contributed by atoms with van der Waals surface area (Å²) in [5.74, 6) is 0. The second kappa shape index (κ2) is 5.87. The molecule has 0 radical (unpaired) electrons. The first kappa shape index (κ1) is 15.5. The van der Waals surface area contributed by atoms with Crippen molar-refractivity contribution >= 4 is 49.7 Å². The van der Waals surface area contributed by atoms with Crippen molar-refractivity contribution in [1.29, 1.82) is 0 Å². The Morgan fingerprint density at radius 1 is 1.40 bits per heavy atom. The predicted molar refractivity (Wildman–Crippen MR) is 82.0 cm³/mol. The Morgan fingerprint density at radius 2 is 2.10 bits per heavy atom. The summed E-state index contributed by atoms with van der Waals surface area (Å²) in [7, 11) is -3.72. The average molecular weight is 352 g/mol. The molecule has 9 heteroatoms. The molecule has 108 valence electrons. The molecule has 5 nitrogen and oxygen atoms in total. The standard InChI is InChI=1S/C11H11Cl2N3O2S2/c1-6(8-3-2-7(12)4-9(8)13)16-11-15-5-10(19-11)20(14,17)18/h2-6H,1H3,(H,15,16)(H2,14,17,18)/t6-/m0/s1. The van der Waals surface area contributed by atoms with Gasteiger partial charge in [0.1, 0.15) is 0 Å². The van der Waals surface area contributed by atoms with Gasteiger partial charge in [-0.1, -0.05) is 40.6 Å². The molecule has 0 saturated carbocycles. The van der Waals surface area contributed by atoms with Crippen LogP contribution < -0.4 is 10.5 Å². The van der Waals surface area contributed by atoms with E-state index < -0.39 is 10.0 Å². The molecule has 0 fully saturated rings. The quantitative estimate of drug-likeness (QED) is 0.884. The van der Waals surface area contributed by atoms with Gasteiger partial charge in [0.05, 0.1) is 12.2 Å². The number of nitrogens with one attached hydrogen (secondary N) is 1. The van der Waals surface area contributed by atoms with E-state index in [1.165, 1.54) is 6.20 Å². The lowest BCUT2D eigenvalue weighted by Crippen LogP contribution is -2.10. The number of aromatic nitrogens is 1. The number of hydrogen-bond donors (Lipinski definition) is 2. The van der Waals surface area contributed by atoms with Crippen LogP contribution in [-0.2, 0) is 10.0 Å². The van der Waals surface area contributed by atoms with Gasteiger partial charge in [-0.15, -0.1) is 0 Å². The number of benzene rings is 1. The molecule has 20 heavy (non-hydrogen) atoms. The minimum Gasteiger partial charge on any atom is -0.355 e. The molecule has 0 unspecified atom stereocenters. The minimum absolute atomic E-state index is 0.00871. The third kappa shape index (κ3) is 3.62. The average Bonchev–Trinajstić information content (AvgIpc) is 2.76. The van der Waals surface area contributed by atoms with Gasteiger partial charge >= 0.3 is 0 Å². The van der Waals surface area contributed by atoms with Crippen LogP contribution in [0.2, 0.25) is 10.0 Å². The summed E-state index contributed by atoms with van der Waals surface area (Å²) in [6.45, 7) is 1.88. The van der Waals surface area contributed by atoms with Gasteiger partial charge in [-0.3, -0.25) is 0 Å². The zero-order chi connectivity index (χ0) is 14.9. The highest BCUT2D eigenvalue weighted by atomic mass is 35.5. The minimum atomic E-state index is -3.72. The van der Waals surface area contributed by atoms with Crippen molar-refractivity contribution in [1.82, 2.24) is 4.98 Å². The fraction of sp³-hybridized carbons (Fsp3) is 0.182. The Bertz CT molecular complexity index is 731. The number of sulfonamides is 1. The predicted octanol–water partition coefficient (Wildman–Crippen LogP) is 3.27. The normalized spacial score (nSPS) is 13.2. The van der Waals surface area contributed by atoms with Gasteiger partial charge < -0.3 is 5.32 Å². The van der Waals surface area contributed by atoms with Crippen molar-refractivity contribution in [2.75, 3.05) is 5.32 Å². The second-order valence-electron chi connectivity index (χ2n) is 4.06. The SMILES string of the molecule is C[C@H](Nc1ncc(S(N)(=O)=O)s1)c1ccc(Cl)cc1Cl. The van der Waals surface area contributed by atoms with Gasteiger partial charge in [-0.05, 0) is 24.6 Å². The summed E-state index contributed by atoms with van der Waals surface area (Å²) in [4.78, 5) is 3.97. The van der Waals surface area contributed by atoms with Gasteiger partial charge in [0, 0.05) is 10.0 Å². The van der Waals surface area contributed by atoms with Crippen LogP contribution in [-0.4, -0.2) is 13.4 Å². The molecule has 0 aliphatic heterocycles. The van der Waals surface area contributed by atoms with E-state index >= 15 is 0 Å². The maximum Gasteiger partial charge on any atom is 0.249 e. The number of hydrogen-bond acceptors (Lipinski definition) is 5. The van der Waals surface area contributed by atoms with Crippen molar-refractivity contribution in [3.63, 3.8) is 0 Å². The van der Waals surface area contributed by atoms with E-state index in [0.717, 1.165) is 16.9 Å². The van der Waals surface area contributed by atoms with Crippen molar-refractivity contribution in [2.45, 2.75) is 17.2 Å². The van der Waals surface area contributed by atoms with E-state index in [-0.39, 0.29) is 10.3 Å². The maximum atomic E-state index is 11.2. The molecule has 1 aromatic heterocycles. The van der Waals surface area contributed by atoms with E-state index in [0.29, 0.717) is 15.2 Å². The van der Waals surface area contributed by atoms with Crippen LogP contribution in [0.4, 0.5) is 5.13 Å². The summed E-state index contributed by atoms with van der Waals surface area (Å²) in [6.07, 6.45) is 1.22. The van der Waals surface area contributed by atoms with Crippen LogP contribution in [0.1, 0.15) is 18.5 Å². The molecule has 0 spiro atoms. The van der Waals surface area contributed by atoms with E-state index in [1.807, 2.05) is 6.92 Å². The molecule has 0 aliphatic rings. The highest BCUT2D eigenvalue weighted by molar-refractivity contribution is 7.91. The molecule has 1 heterocycles. The number of nitrogens with two attached hydrogens (primary N) is 1. The molecule has 2 rings (SSSR count). The molecule has 1 aromatic carbocycles. The van der Waals surface area contributed by atoms with Crippen molar-refractivity contribution < 1.29 is 8.42 Å². The number of rotatable bonds is 4. The van der Waals surface area contributed by atoms with Crippen LogP contribution >= 0.6 is 34.5 Å². The lowest BCUT2D eigenvalue weighted by molar-refractivity contribution is 0.599. The number of anilines is 1. The summed E-state index contributed by atoms with van der Waals surface area (Å²) >= 11 is 12.9. The zero-order valence-electron chi connectivity index (χ0n) is 10.3. The Hall–Kier alpha value is -0.860. The fourth-order valence-corrected chi connectivity index (χ4v) is 3.68. The first-order chi connectivity index (χ1) is 9.27. The summed E-state index contributed by atoms with van der Waals surface area (Å²) in [5.41, 5.74) is 0.837. The second-order valence-corrected chi connectivity index (χ2v) is 7.72. The van der Waals surface area contributed by atoms with Gasteiger partial charge in [-0.25, -0.2) is 18.5 Å². The highest BCUT2D eigenvalue weighted by Crippen LogP contribution is 2.30. The lowest BCUT2D eigenvalue weighted by atomic mass is 10.1. The smallest absolute Gasteiger partial charge is 0.249 e. The lowest BCUT2D eigenvalue weighted by Gasteiger charge is -2.14. The van der Waals surface area contributed by atoms with Gasteiger partial charge in [-0.2, -0.15) is 0 Å². The van der Waals surface area contributed by atoms with E-state index in [2.05, 4.69) is 10.3 Å². The summed E-state index contributed by atoms with van der Waals surface area (Å²) in [6, 6.07) is 5.03. The largest absolute Gasteiger partial charge is 0.355 e. The molecule has 0 amide bonds. The molecule has 2 aromatic rings. The van der Waals surface area contributed by atoms with Crippen LogP contribution in [0, 0.1) is 0 Å². The molecule has 0 saturated heterocycles. The van der Waals surface area contributed by atoms with Crippen LogP contribution in [0.25, 0.3) is 0 Å². The van der Waals surface area contributed by atoms with E-state index in [1.54, 1.807) is 18.2 Å². The van der Waals surface area contributed by atoms with E-state index in [9.17, 15) is 8.42 Å². The molecule has 0 bridgehead atoms. The number of halogens is 2. The Morgan fingerprint density at radius 3 is 2.65 bits per heavy atom. The number of primary sulfonamides is 1. The molecular formula is C11H11Cl2N3O2S2. The van der Waals surface area contributed by atoms with Gasteiger partial charge in [0.25, 0.3) is 0 Å². The molecule has 1 atom stereocenters. The molecule has 0 aliphatic carbocycles.